The zero-order chi connectivity index (χ0) is 26.7. The SMILES string of the molecule is COc1ccc(C(OC[C@@H]2OC[C@H](n3cc(C)c(=O)[nH]c3=O)[C@H]2O)(c2ccccc2)c2ccccc2)cc1. The number of rotatable bonds is 8. The van der Waals surface area contributed by atoms with Crippen molar-refractivity contribution in [3.63, 3.8) is 0 Å². The highest BCUT2D eigenvalue weighted by molar-refractivity contribution is 5.48. The van der Waals surface area contributed by atoms with Crippen LogP contribution < -0.4 is 16.0 Å². The summed E-state index contributed by atoms with van der Waals surface area (Å²) in [6.45, 7) is 1.76. The Balaban J connectivity index is 1.52. The molecule has 0 spiro atoms. The van der Waals surface area contributed by atoms with E-state index in [9.17, 15) is 14.7 Å². The zero-order valence-corrected chi connectivity index (χ0v) is 21.2. The molecule has 8 nitrogen and oxygen atoms in total. The van der Waals surface area contributed by atoms with Crippen molar-refractivity contribution in [1.82, 2.24) is 9.55 Å². The van der Waals surface area contributed by atoms with E-state index in [0.717, 1.165) is 22.4 Å². The number of aliphatic hydroxyl groups is 1. The van der Waals surface area contributed by atoms with Gasteiger partial charge in [0.2, 0.25) is 0 Å². The number of benzene rings is 3. The lowest BCUT2D eigenvalue weighted by Gasteiger charge is -2.37. The zero-order valence-electron chi connectivity index (χ0n) is 21.2. The molecule has 0 radical (unpaired) electrons. The second kappa shape index (κ2) is 10.8. The van der Waals surface area contributed by atoms with E-state index in [-0.39, 0.29) is 13.2 Å². The fraction of sp³-hybridized carbons (Fsp3) is 0.267. The van der Waals surface area contributed by atoms with Gasteiger partial charge in [-0.05, 0) is 35.7 Å². The maximum atomic E-state index is 12.5. The topological polar surface area (TPSA) is 103 Å². The third-order valence-electron chi connectivity index (χ3n) is 7.08. The van der Waals surface area contributed by atoms with Gasteiger partial charge in [0, 0.05) is 11.8 Å². The molecule has 2 N–H and O–H groups in total. The highest BCUT2D eigenvalue weighted by Gasteiger charge is 2.42. The van der Waals surface area contributed by atoms with Gasteiger partial charge in [-0.1, -0.05) is 72.8 Å². The molecular formula is C30H30N2O6. The van der Waals surface area contributed by atoms with Gasteiger partial charge in [0.15, 0.2) is 0 Å². The van der Waals surface area contributed by atoms with Crippen LogP contribution in [0, 0.1) is 6.92 Å². The van der Waals surface area contributed by atoms with Crippen molar-refractivity contribution in [2.45, 2.75) is 30.8 Å². The Morgan fingerprint density at radius 3 is 2.11 bits per heavy atom. The second-order valence-electron chi connectivity index (χ2n) is 9.36. The van der Waals surface area contributed by atoms with Gasteiger partial charge in [0.1, 0.15) is 23.6 Å². The van der Waals surface area contributed by atoms with Crippen molar-refractivity contribution >= 4 is 0 Å². The Morgan fingerprint density at radius 2 is 1.53 bits per heavy atom. The normalized spacial score (nSPS) is 19.4. The molecule has 4 aromatic rings. The third kappa shape index (κ3) is 4.69. The van der Waals surface area contributed by atoms with E-state index >= 15 is 0 Å². The van der Waals surface area contributed by atoms with Crippen LogP contribution in [0.2, 0.25) is 0 Å². The van der Waals surface area contributed by atoms with E-state index < -0.39 is 35.1 Å². The lowest BCUT2D eigenvalue weighted by Crippen LogP contribution is -2.41. The average Bonchev–Trinajstić information content (AvgIpc) is 3.32. The molecule has 196 valence electrons. The molecule has 1 saturated heterocycles. The van der Waals surface area contributed by atoms with Gasteiger partial charge in [0.25, 0.3) is 5.56 Å². The monoisotopic (exact) mass is 514 g/mol. The van der Waals surface area contributed by atoms with Crippen LogP contribution >= 0.6 is 0 Å². The quantitative estimate of drug-likeness (QED) is 0.350. The van der Waals surface area contributed by atoms with E-state index in [1.54, 1.807) is 14.0 Å². The minimum Gasteiger partial charge on any atom is -0.497 e. The van der Waals surface area contributed by atoms with Gasteiger partial charge in [-0.15, -0.1) is 0 Å². The van der Waals surface area contributed by atoms with E-state index in [1.165, 1.54) is 10.8 Å². The number of H-pyrrole nitrogens is 1. The molecule has 0 bridgehead atoms. The lowest BCUT2D eigenvalue weighted by molar-refractivity contribution is -0.0706. The van der Waals surface area contributed by atoms with E-state index in [1.807, 2.05) is 84.9 Å². The third-order valence-corrected chi connectivity index (χ3v) is 7.08. The molecule has 3 aromatic carbocycles. The summed E-state index contributed by atoms with van der Waals surface area (Å²) in [6, 6.07) is 26.8. The Labute approximate surface area is 220 Å². The van der Waals surface area contributed by atoms with Crippen LogP contribution in [-0.4, -0.2) is 47.2 Å². The van der Waals surface area contributed by atoms with Crippen LogP contribution in [0.3, 0.4) is 0 Å². The summed E-state index contributed by atoms with van der Waals surface area (Å²) in [5.74, 6) is 0.725. The first-order valence-corrected chi connectivity index (χ1v) is 12.5. The maximum Gasteiger partial charge on any atom is 0.328 e. The maximum absolute atomic E-state index is 12.5. The largest absolute Gasteiger partial charge is 0.497 e. The number of aryl methyl sites for hydroxylation is 1. The molecule has 1 fully saturated rings. The van der Waals surface area contributed by atoms with Gasteiger partial charge in [0.05, 0.1) is 26.4 Å². The molecule has 3 atom stereocenters. The summed E-state index contributed by atoms with van der Waals surface area (Å²) in [5.41, 5.74) is 1.03. The molecule has 0 aliphatic carbocycles. The van der Waals surface area contributed by atoms with Crippen molar-refractivity contribution in [3.05, 3.63) is 134 Å². The summed E-state index contributed by atoms with van der Waals surface area (Å²) in [7, 11) is 1.62. The molecule has 8 heteroatoms. The van der Waals surface area contributed by atoms with Crippen LogP contribution in [0.25, 0.3) is 0 Å². The van der Waals surface area contributed by atoms with Gasteiger partial charge in [-0.2, -0.15) is 0 Å². The predicted octanol–water partition coefficient (Wildman–Crippen LogP) is 3.16. The highest BCUT2D eigenvalue weighted by Crippen LogP contribution is 2.41. The molecule has 0 saturated carbocycles. The molecular weight excluding hydrogens is 484 g/mol. The molecule has 38 heavy (non-hydrogen) atoms. The summed E-state index contributed by atoms with van der Waals surface area (Å²) >= 11 is 0. The molecule has 0 amide bonds. The number of aromatic nitrogens is 2. The number of aliphatic hydroxyl groups excluding tert-OH is 1. The summed E-state index contributed by atoms with van der Waals surface area (Å²) in [5, 5.41) is 11.2. The molecule has 2 heterocycles. The first-order chi connectivity index (χ1) is 18.4. The number of aromatic amines is 1. The molecule has 5 rings (SSSR count). The van der Waals surface area contributed by atoms with Crippen LogP contribution in [0.15, 0.2) is 101 Å². The number of methoxy groups -OCH3 is 1. The van der Waals surface area contributed by atoms with Crippen LogP contribution in [-0.2, 0) is 15.1 Å². The van der Waals surface area contributed by atoms with Crippen molar-refractivity contribution in [1.29, 1.82) is 0 Å². The van der Waals surface area contributed by atoms with Crippen molar-refractivity contribution in [3.8, 4) is 5.75 Å². The highest BCUT2D eigenvalue weighted by atomic mass is 16.6. The number of nitrogens with zero attached hydrogens (tertiary/aromatic N) is 1. The van der Waals surface area contributed by atoms with Gasteiger partial charge in [-0.25, -0.2) is 4.79 Å². The first kappa shape index (κ1) is 25.7. The Morgan fingerprint density at radius 1 is 0.947 bits per heavy atom. The summed E-state index contributed by atoms with van der Waals surface area (Å²) in [4.78, 5) is 26.6. The van der Waals surface area contributed by atoms with Gasteiger partial charge in [-0.3, -0.25) is 14.3 Å². The van der Waals surface area contributed by atoms with Crippen molar-refractivity contribution < 1.29 is 19.3 Å². The van der Waals surface area contributed by atoms with Crippen molar-refractivity contribution in [2.75, 3.05) is 20.3 Å². The number of hydrogen-bond donors (Lipinski definition) is 2. The van der Waals surface area contributed by atoms with Crippen LogP contribution in [0.1, 0.15) is 28.3 Å². The molecule has 1 aromatic heterocycles. The minimum atomic E-state index is -1.03. The Kier molecular flexibility index (Phi) is 7.28. The summed E-state index contributed by atoms with van der Waals surface area (Å²) in [6.07, 6.45) is -0.278. The van der Waals surface area contributed by atoms with Crippen LogP contribution in [0.4, 0.5) is 0 Å². The number of hydrogen-bond acceptors (Lipinski definition) is 6. The standard InChI is InChI=1S/C30H30N2O6/c1-20-17-32(29(35)31-28(20)34)25-18-37-26(27(25)33)19-38-30(21-9-5-3-6-10-21,22-11-7-4-8-12-22)23-13-15-24(36-2)16-14-23/h3-17,25-27,33H,18-19H2,1-2H3,(H,31,34,35)/t25-,26-,27+/m0/s1. The first-order valence-electron chi connectivity index (χ1n) is 12.5. The Hall–Kier alpha value is -3.98. The average molecular weight is 515 g/mol. The second-order valence-corrected chi connectivity index (χ2v) is 9.36. The predicted molar refractivity (Wildman–Crippen MR) is 143 cm³/mol. The van der Waals surface area contributed by atoms with E-state index in [2.05, 4.69) is 4.98 Å². The number of ether oxygens (including phenoxy) is 3. The minimum absolute atomic E-state index is 0.0462. The lowest BCUT2D eigenvalue weighted by atomic mass is 9.80. The summed E-state index contributed by atoms with van der Waals surface area (Å²) < 4.78 is 19.5. The fourth-order valence-corrected chi connectivity index (χ4v) is 5.02. The van der Waals surface area contributed by atoms with Gasteiger partial charge < -0.3 is 19.3 Å². The Bertz CT molecular complexity index is 1440. The number of nitrogens with one attached hydrogen (secondary N) is 1. The van der Waals surface area contributed by atoms with Crippen molar-refractivity contribution in [2.24, 2.45) is 0 Å². The van der Waals surface area contributed by atoms with Crippen LogP contribution in [0.5, 0.6) is 5.75 Å². The smallest absolute Gasteiger partial charge is 0.328 e. The molecule has 1 aliphatic heterocycles. The van der Waals surface area contributed by atoms with E-state index in [4.69, 9.17) is 14.2 Å². The van der Waals surface area contributed by atoms with Gasteiger partial charge >= 0.3 is 5.69 Å². The van der Waals surface area contributed by atoms with E-state index in [0.29, 0.717) is 5.56 Å². The molecule has 1 aliphatic rings. The molecule has 0 unspecified atom stereocenters. The fourth-order valence-electron chi connectivity index (χ4n) is 5.02.